The number of methoxy groups -OCH3 is 3. The Kier molecular flexibility index (Phi) is 6.47. The van der Waals surface area contributed by atoms with Crippen molar-refractivity contribution in [1.29, 1.82) is 0 Å². The van der Waals surface area contributed by atoms with Crippen LogP contribution in [-0.4, -0.2) is 27.6 Å². The highest BCUT2D eigenvalue weighted by molar-refractivity contribution is 5.28. The maximum Gasteiger partial charge on any atom is 0.160 e. The molecule has 0 unspecified atom stereocenters. The van der Waals surface area contributed by atoms with Crippen LogP contribution in [0.4, 0.5) is 0 Å². The smallest absolute Gasteiger partial charge is 0.160 e. The van der Waals surface area contributed by atoms with E-state index in [2.05, 4.69) is 25.1 Å². The van der Waals surface area contributed by atoms with Crippen molar-refractivity contribution in [2.24, 2.45) is 0 Å². The molecule has 1 rings (SSSR count). The Morgan fingerprint density at radius 1 is 1.11 bits per heavy atom. The van der Waals surface area contributed by atoms with E-state index in [1.165, 1.54) is 11.1 Å². The monoisotopic (exact) mass is 250 g/mol. The molecule has 0 heterocycles. The average Bonchev–Trinajstić information content (AvgIpc) is 2.43. The third kappa shape index (κ3) is 4.90. The summed E-state index contributed by atoms with van der Waals surface area (Å²) in [6.07, 6.45) is 3.75. The van der Waals surface area contributed by atoms with Crippen LogP contribution in [0.1, 0.15) is 18.9 Å². The van der Waals surface area contributed by atoms with Gasteiger partial charge in [-0.15, -0.1) is 0 Å². The van der Waals surface area contributed by atoms with Gasteiger partial charge < -0.3 is 14.2 Å². The van der Waals surface area contributed by atoms with E-state index in [9.17, 15) is 0 Å². The quantitative estimate of drug-likeness (QED) is 0.549. The topological polar surface area (TPSA) is 27.7 Å². The third-order valence-corrected chi connectivity index (χ3v) is 2.86. The molecule has 0 aliphatic heterocycles. The first-order chi connectivity index (χ1) is 8.69. The van der Waals surface area contributed by atoms with E-state index < -0.39 is 0 Å². The Hall–Kier alpha value is -1.32. The summed E-state index contributed by atoms with van der Waals surface area (Å²) in [7, 11) is 4.99. The van der Waals surface area contributed by atoms with Crippen LogP contribution in [0.3, 0.4) is 0 Å². The first-order valence-electron chi connectivity index (χ1n) is 6.03. The minimum atomic E-state index is -0.155. The average molecular weight is 250 g/mol. The van der Waals surface area contributed by atoms with Gasteiger partial charge in [-0.2, -0.15) is 0 Å². The maximum absolute atomic E-state index is 5.17. The summed E-state index contributed by atoms with van der Waals surface area (Å²) in [6, 6.07) is 8.11. The lowest BCUT2D eigenvalue weighted by Crippen LogP contribution is -2.12. The minimum absolute atomic E-state index is 0.155. The largest absolute Gasteiger partial charge is 0.497 e. The number of benzene rings is 1. The zero-order valence-electron chi connectivity index (χ0n) is 11.6. The van der Waals surface area contributed by atoms with Crippen molar-refractivity contribution >= 4 is 0 Å². The Morgan fingerprint density at radius 2 is 1.72 bits per heavy atom. The highest BCUT2D eigenvalue weighted by Crippen LogP contribution is 2.14. The van der Waals surface area contributed by atoms with Crippen LogP contribution in [0, 0.1) is 0 Å². The SMILES string of the molecule is COc1ccc(C/C=C(\C)CC(OC)OC)cc1. The lowest BCUT2D eigenvalue weighted by molar-refractivity contribution is -0.100. The summed E-state index contributed by atoms with van der Waals surface area (Å²) < 4.78 is 15.5. The fourth-order valence-corrected chi connectivity index (χ4v) is 1.66. The molecule has 0 radical (unpaired) electrons. The van der Waals surface area contributed by atoms with Gasteiger partial charge in [0.25, 0.3) is 0 Å². The summed E-state index contributed by atoms with van der Waals surface area (Å²) >= 11 is 0. The molecule has 0 aliphatic carbocycles. The van der Waals surface area contributed by atoms with Crippen molar-refractivity contribution in [3.8, 4) is 5.75 Å². The third-order valence-electron chi connectivity index (χ3n) is 2.86. The Labute approximate surface area is 109 Å². The van der Waals surface area contributed by atoms with Crippen LogP contribution in [0.25, 0.3) is 0 Å². The second-order valence-electron chi connectivity index (χ2n) is 4.21. The van der Waals surface area contributed by atoms with Gasteiger partial charge in [-0.25, -0.2) is 0 Å². The molecule has 0 N–H and O–H groups in total. The van der Waals surface area contributed by atoms with Crippen LogP contribution in [0.2, 0.25) is 0 Å². The molecule has 0 spiro atoms. The normalized spacial score (nSPS) is 11.9. The molecule has 0 fully saturated rings. The predicted molar refractivity (Wildman–Crippen MR) is 72.9 cm³/mol. The lowest BCUT2D eigenvalue weighted by Gasteiger charge is -2.13. The number of hydrogen-bond donors (Lipinski definition) is 0. The van der Waals surface area contributed by atoms with E-state index in [0.29, 0.717) is 0 Å². The van der Waals surface area contributed by atoms with Gasteiger partial charge in [-0.3, -0.25) is 0 Å². The van der Waals surface area contributed by atoms with Crippen LogP contribution in [0.5, 0.6) is 5.75 Å². The van der Waals surface area contributed by atoms with E-state index in [0.717, 1.165) is 18.6 Å². The Bertz CT molecular complexity index is 364. The van der Waals surface area contributed by atoms with E-state index in [1.807, 2.05) is 12.1 Å². The van der Waals surface area contributed by atoms with Crippen molar-refractivity contribution in [3.05, 3.63) is 41.5 Å². The zero-order valence-corrected chi connectivity index (χ0v) is 11.6. The highest BCUT2D eigenvalue weighted by atomic mass is 16.7. The molecule has 0 aliphatic rings. The van der Waals surface area contributed by atoms with Crippen molar-refractivity contribution in [2.75, 3.05) is 21.3 Å². The molecule has 3 heteroatoms. The van der Waals surface area contributed by atoms with Gasteiger partial charge in [-0.05, 0) is 31.0 Å². The minimum Gasteiger partial charge on any atom is -0.497 e. The van der Waals surface area contributed by atoms with Crippen molar-refractivity contribution in [3.63, 3.8) is 0 Å². The number of hydrogen-bond acceptors (Lipinski definition) is 3. The van der Waals surface area contributed by atoms with E-state index in [4.69, 9.17) is 14.2 Å². The van der Waals surface area contributed by atoms with E-state index in [-0.39, 0.29) is 6.29 Å². The molecule has 0 aromatic heterocycles. The summed E-state index contributed by atoms with van der Waals surface area (Å²) in [5.74, 6) is 0.887. The zero-order chi connectivity index (χ0) is 13.4. The summed E-state index contributed by atoms with van der Waals surface area (Å²) in [5, 5.41) is 0. The van der Waals surface area contributed by atoms with Crippen LogP contribution in [-0.2, 0) is 15.9 Å². The molecular formula is C15H22O3. The van der Waals surface area contributed by atoms with Gasteiger partial charge in [0.15, 0.2) is 6.29 Å². The second-order valence-corrected chi connectivity index (χ2v) is 4.21. The van der Waals surface area contributed by atoms with Gasteiger partial charge in [0.05, 0.1) is 7.11 Å². The van der Waals surface area contributed by atoms with Gasteiger partial charge in [-0.1, -0.05) is 23.8 Å². The molecule has 0 saturated carbocycles. The van der Waals surface area contributed by atoms with Crippen LogP contribution >= 0.6 is 0 Å². The summed E-state index contributed by atoms with van der Waals surface area (Å²) in [4.78, 5) is 0. The van der Waals surface area contributed by atoms with Gasteiger partial charge in [0.1, 0.15) is 5.75 Å². The van der Waals surface area contributed by atoms with Crippen molar-refractivity contribution in [1.82, 2.24) is 0 Å². The van der Waals surface area contributed by atoms with Crippen LogP contribution < -0.4 is 4.74 Å². The molecule has 0 atom stereocenters. The second kappa shape index (κ2) is 7.90. The fourth-order valence-electron chi connectivity index (χ4n) is 1.66. The summed E-state index contributed by atoms with van der Waals surface area (Å²) in [6.45, 7) is 2.09. The molecule has 0 bridgehead atoms. The van der Waals surface area contributed by atoms with Gasteiger partial charge in [0.2, 0.25) is 0 Å². The summed E-state index contributed by atoms with van der Waals surface area (Å²) in [5.41, 5.74) is 2.53. The predicted octanol–water partition coefficient (Wildman–Crippen LogP) is 3.19. The molecular weight excluding hydrogens is 228 g/mol. The van der Waals surface area contributed by atoms with Crippen molar-refractivity contribution in [2.45, 2.75) is 26.1 Å². The lowest BCUT2D eigenvalue weighted by atomic mass is 10.1. The van der Waals surface area contributed by atoms with Crippen molar-refractivity contribution < 1.29 is 14.2 Å². The maximum atomic E-state index is 5.17. The van der Waals surface area contributed by atoms with Crippen LogP contribution in [0.15, 0.2) is 35.9 Å². The van der Waals surface area contributed by atoms with E-state index >= 15 is 0 Å². The van der Waals surface area contributed by atoms with E-state index in [1.54, 1.807) is 21.3 Å². The van der Waals surface area contributed by atoms with Gasteiger partial charge in [0, 0.05) is 20.6 Å². The molecule has 100 valence electrons. The molecule has 1 aromatic rings. The molecule has 18 heavy (non-hydrogen) atoms. The fraction of sp³-hybridized carbons (Fsp3) is 0.467. The Morgan fingerprint density at radius 3 is 2.22 bits per heavy atom. The number of allylic oxidation sites excluding steroid dienone is 1. The van der Waals surface area contributed by atoms with Gasteiger partial charge >= 0.3 is 0 Å². The standard InChI is InChI=1S/C15H22O3/c1-12(11-15(17-3)18-4)5-6-13-7-9-14(16-2)10-8-13/h5,7-10,15H,6,11H2,1-4H3/b12-5+. The number of rotatable bonds is 7. The first-order valence-corrected chi connectivity index (χ1v) is 6.03. The molecule has 0 saturated heterocycles. The number of ether oxygens (including phenoxy) is 3. The molecule has 3 nitrogen and oxygen atoms in total. The Balaban J connectivity index is 2.51. The molecule has 0 amide bonds. The molecule has 1 aromatic carbocycles. The first kappa shape index (κ1) is 14.7. The highest BCUT2D eigenvalue weighted by Gasteiger charge is 2.05.